The van der Waals surface area contributed by atoms with Crippen LogP contribution in [0, 0.1) is 0 Å². The predicted octanol–water partition coefficient (Wildman–Crippen LogP) is -0.329. The van der Waals surface area contributed by atoms with E-state index in [4.69, 9.17) is 25.3 Å². The van der Waals surface area contributed by atoms with E-state index >= 15 is 0 Å². The molecule has 0 atom stereocenters. The van der Waals surface area contributed by atoms with Crippen LogP contribution in [0.4, 0.5) is 0 Å². The summed E-state index contributed by atoms with van der Waals surface area (Å²) < 4.78 is 17.7. The molecule has 0 amide bonds. The van der Waals surface area contributed by atoms with Crippen molar-refractivity contribution >= 4 is 7.32 Å². The smallest absolute Gasteiger partial charge is 0.478 e. The van der Waals surface area contributed by atoms with Gasteiger partial charge >= 0.3 is 19.2 Å². The monoisotopic (exact) mass is 262 g/mol. The van der Waals surface area contributed by atoms with Crippen molar-refractivity contribution in [2.45, 2.75) is 0 Å². The molecule has 0 aromatic carbocycles. The highest BCUT2D eigenvalue weighted by atomic mass is 16.6. The molecule has 0 radical (unpaired) electrons. The molecular formula is C8H11BO9. The average Bonchev–Trinajstić information content (AvgIpc) is 2.31. The molecule has 9 nitrogen and oxygen atoms in total. The second kappa shape index (κ2) is 9.90. The molecule has 0 aromatic rings. The van der Waals surface area contributed by atoms with E-state index in [1.807, 2.05) is 0 Å². The zero-order chi connectivity index (χ0) is 13.8. The average molecular weight is 262 g/mol. The first-order chi connectivity index (χ1) is 8.52. The fourth-order valence-corrected chi connectivity index (χ4v) is 0.510. The molecule has 0 spiro atoms. The highest BCUT2D eigenvalue weighted by Gasteiger charge is 1.93. The minimum atomic E-state index is -2.17. The van der Waals surface area contributed by atoms with Gasteiger partial charge in [-0.15, -0.1) is 0 Å². The van der Waals surface area contributed by atoms with Crippen LogP contribution in [0.2, 0.25) is 0 Å². The molecule has 100 valence electrons. The summed E-state index contributed by atoms with van der Waals surface area (Å²) in [6.07, 6.45) is 7.32. The molecule has 0 saturated heterocycles. The van der Waals surface area contributed by atoms with Gasteiger partial charge < -0.3 is 44.2 Å². The number of rotatable bonds is 0. The van der Waals surface area contributed by atoms with Gasteiger partial charge in [-0.1, -0.05) is 0 Å². The molecule has 0 aliphatic carbocycles. The van der Waals surface area contributed by atoms with Crippen molar-refractivity contribution in [2.75, 3.05) is 0 Å². The Balaban J connectivity index is 0.000000253. The van der Waals surface area contributed by atoms with Crippen molar-refractivity contribution in [3.63, 3.8) is 0 Å². The molecule has 0 bridgehead atoms. The second-order valence-electron chi connectivity index (χ2n) is 2.31. The van der Waals surface area contributed by atoms with Gasteiger partial charge in [0.15, 0.2) is 12.5 Å². The first-order valence-corrected chi connectivity index (χ1v) is 4.29. The van der Waals surface area contributed by atoms with Gasteiger partial charge in [-0.3, -0.25) is 0 Å². The normalized spacial score (nSPS) is 14.6. The van der Waals surface area contributed by atoms with Gasteiger partial charge in [-0.25, -0.2) is 0 Å². The first kappa shape index (κ1) is 15.7. The number of hydrogen-bond acceptors (Lipinski definition) is 9. The number of aliphatic hydroxyl groups is 2. The molecule has 10 heteroatoms. The molecule has 0 saturated carbocycles. The number of hydrogen-bond donors (Lipinski definition) is 5. The van der Waals surface area contributed by atoms with Crippen LogP contribution in [0.25, 0.3) is 0 Å². The van der Waals surface area contributed by atoms with Gasteiger partial charge in [-0.05, 0) is 0 Å². The SMILES string of the molecule is OB(O)O.OC1=COC=CO1.OC1=COC=CO1. The zero-order valence-corrected chi connectivity index (χ0v) is 8.91. The van der Waals surface area contributed by atoms with Crippen molar-refractivity contribution in [2.24, 2.45) is 0 Å². The molecule has 0 fully saturated rings. The largest absolute Gasteiger partial charge is 0.631 e. The second-order valence-corrected chi connectivity index (χ2v) is 2.31. The Labute approximate surface area is 102 Å². The molecule has 2 aliphatic heterocycles. The Hall–Kier alpha value is -2.30. The molecular weight excluding hydrogens is 251 g/mol. The maximum atomic E-state index is 8.37. The predicted molar refractivity (Wildman–Crippen MR) is 56.5 cm³/mol. The summed E-state index contributed by atoms with van der Waals surface area (Å²) in [6.45, 7) is 0. The highest BCUT2D eigenvalue weighted by molar-refractivity contribution is 6.30. The van der Waals surface area contributed by atoms with E-state index in [0.717, 1.165) is 12.5 Å². The fourth-order valence-electron chi connectivity index (χ4n) is 0.510. The van der Waals surface area contributed by atoms with E-state index in [2.05, 4.69) is 18.9 Å². The van der Waals surface area contributed by atoms with Crippen LogP contribution in [0.5, 0.6) is 0 Å². The van der Waals surface area contributed by atoms with Crippen molar-refractivity contribution in [1.29, 1.82) is 0 Å². The summed E-state index contributed by atoms with van der Waals surface area (Å²) in [6, 6.07) is 0. The zero-order valence-electron chi connectivity index (χ0n) is 8.91. The lowest BCUT2D eigenvalue weighted by Gasteiger charge is -2.00. The maximum absolute atomic E-state index is 8.37. The summed E-state index contributed by atoms with van der Waals surface area (Å²) >= 11 is 0. The molecule has 2 rings (SSSR count). The van der Waals surface area contributed by atoms with E-state index in [1.165, 1.54) is 25.0 Å². The van der Waals surface area contributed by atoms with Crippen LogP contribution in [-0.2, 0) is 18.9 Å². The first-order valence-electron chi connectivity index (χ1n) is 4.29. The van der Waals surface area contributed by atoms with Gasteiger partial charge in [0.25, 0.3) is 0 Å². The van der Waals surface area contributed by atoms with Crippen LogP contribution in [0.15, 0.2) is 49.5 Å². The molecule has 18 heavy (non-hydrogen) atoms. The summed E-state index contributed by atoms with van der Waals surface area (Å²) in [5, 5.41) is 38.2. The van der Waals surface area contributed by atoms with E-state index in [0.29, 0.717) is 0 Å². The Kier molecular flexibility index (Phi) is 8.64. The lowest BCUT2D eigenvalue weighted by atomic mass is 10.3. The van der Waals surface area contributed by atoms with E-state index < -0.39 is 7.32 Å². The van der Waals surface area contributed by atoms with Crippen molar-refractivity contribution < 1.29 is 44.2 Å². The fraction of sp³-hybridized carbons (Fsp3) is 0. The number of ether oxygens (including phenoxy) is 4. The Morgan fingerprint density at radius 3 is 1.17 bits per heavy atom. The Morgan fingerprint density at radius 1 is 0.722 bits per heavy atom. The van der Waals surface area contributed by atoms with Gasteiger partial charge in [0, 0.05) is 0 Å². The molecule has 0 aromatic heterocycles. The maximum Gasteiger partial charge on any atom is 0.631 e. The summed E-state index contributed by atoms with van der Waals surface area (Å²) in [7, 11) is -2.17. The van der Waals surface area contributed by atoms with Crippen molar-refractivity contribution in [1.82, 2.24) is 0 Å². The summed E-state index contributed by atoms with van der Waals surface area (Å²) in [4.78, 5) is 0. The van der Waals surface area contributed by atoms with Gasteiger partial charge in [-0.2, -0.15) is 0 Å². The van der Waals surface area contributed by atoms with Crippen LogP contribution >= 0.6 is 0 Å². The Morgan fingerprint density at radius 2 is 1.06 bits per heavy atom. The third-order valence-electron chi connectivity index (χ3n) is 0.984. The van der Waals surface area contributed by atoms with Gasteiger partial charge in [0.05, 0.1) is 0 Å². The van der Waals surface area contributed by atoms with Gasteiger partial charge in [0.2, 0.25) is 0 Å². The third-order valence-corrected chi connectivity index (χ3v) is 0.984. The van der Waals surface area contributed by atoms with Crippen LogP contribution < -0.4 is 0 Å². The number of aliphatic hydroxyl groups excluding tert-OH is 2. The lowest BCUT2D eigenvalue weighted by Crippen LogP contribution is -2.07. The van der Waals surface area contributed by atoms with E-state index in [1.54, 1.807) is 0 Å². The summed E-state index contributed by atoms with van der Waals surface area (Å²) in [5.74, 6) is -0.440. The molecule has 2 heterocycles. The molecule has 0 unspecified atom stereocenters. The minimum absolute atomic E-state index is 0.220. The van der Waals surface area contributed by atoms with Crippen molar-refractivity contribution in [3.8, 4) is 0 Å². The topological polar surface area (TPSA) is 138 Å². The van der Waals surface area contributed by atoms with E-state index in [9.17, 15) is 0 Å². The summed E-state index contributed by atoms with van der Waals surface area (Å²) in [5.41, 5.74) is 0. The van der Waals surface area contributed by atoms with Crippen LogP contribution in [-0.4, -0.2) is 32.6 Å². The van der Waals surface area contributed by atoms with Gasteiger partial charge in [0.1, 0.15) is 25.0 Å². The van der Waals surface area contributed by atoms with Crippen LogP contribution in [0.1, 0.15) is 0 Å². The van der Waals surface area contributed by atoms with Crippen LogP contribution in [0.3, 0.4) is 0 Å². The molecule has 5 N–H and O–H groups in total. The lowest BCUT2D eigenvalue weighted by molar-refractivity contribution is 0.126. The van der Waals surface area contributed by atoms with Crippen molar-refractivity contribution in [3.05, 3.63) is 49.5 Å². The Bertz CT molecular complexity index is 301. The third kappa shape index (κ3) is 11.8. The standard InChI is InChI=1S/2C4H4O3.BH3O3/c2*5-4-3-6-1-2-7-4;2-1(3)4/h2*1-3,5H;2-4H. The minimum Gasteiger partial charge on any atom is -0.478 e. The quantitative estimate of drug-likeness (QED) is 0.371. The highest BCUT2D eigenvalue weighted by Crippen LogP contribution is 1.99. The van der Waals surface area contributed by atoms with E-state index in [-0.39, 0.29) is 11.9 Å². The molecule has 2 aliphatic rings.